The van der Waals surface area contributed by atoms with Crippen LogP contribution in [-0.4, -0.2) is 19.0 Å². The Morgan fingerprint density at radius 1 is 1.31 bits per heavy atom. The predicted molar refractivity (Wildman–Crippen MR) is 52.6 cm³/mol. The summed E-state index contributed by atoms with van der Waals surface area (Å²) in [5.74, 6) is 1.67. The van der Waals surface area contributed by atoms with E-state index >= 15 is 0 Å². The predicted octanol–water partition coefficient (Wildman–Crippen LogP) is 2.42. The molecule has 0 aromatic rings. The monoisotopic (exact) mass is 184 g/mol. The fourth-order valence-electron chi connectivity index (χ4n) is 2.10. The maximum atomic E-state index is 10.1. The minimum atomic E-state index is 0.275. The summed E-state index contributed by atoms with van der Waals surface area (Å²) in [4.78, 5) is 10.1. The molecule has 0 atom stereocenters. The van der Waals surface area contributed by atoms with Gasteiger partial charge in [0.1, 0.15) is 12.9 Å². The Labute approximate surface area is 80.7 Å². The first kappa shape index (κ1) is 10.7. The molecule has 0 bridgehead atoms. The van der Waals surface area contributed by atoms with E-state index in [9.17, 15) is 4.79 Å². The molecule has 1 aliphatic rings. The molecule has 0 heterocycles. The second-order valence-electron chi connectivity index (χ2n) is 4.28. The molecule has 76 valence electrons. The first-order valence-electron chi connectivity index (χ1n) is 5.29. The Hall–Kier alpha value is -0.370. The minimum absolute atomic E-state index is 0.275. The van der Waals surface area contributed by atoms with Crippen LogP contribution in [0.3, 0.4) is 0 Å². The number of ether oxygens (including phenoxy) is 1. The van der Waals surface area contributed by atoms with Crippen molar-refractivity contribution < 1.29 is 9.53 Å². The van der Waals surface area contributed by atoms with Crippen molar-refractivity contribution in [2.75, 3.05) is 6.61 Å². The summed E-state index contributed by atoms with van der Waals surface area (Å²) < 4.78 is 5.39. The Balaban J connectivity index is 2.18. The van der Waals surface area contributed by atoms with Gasteiger partial charge in [-0.3, -0.25) is 0 Å². The van der Waals surface area contributed by atoms with Crippen molar-refractivity contribution in [2.24, 2.45) is 11.8 Å². The van der Waals surface area contributed by atoms with Crippen LogP contribution in [0.25, 0.3) is 0 Å². The summed E-state index contributed by atoms with van der Waals surface area (Å²) in [6.45, 7) is 4.85. The zero-order valence-electron chi connectivity index (χ0n) is 8.66. The van der Waals surface area contributed by atoms with Gasteiger partial charge in [-0.05, 0) is 37.5 Å². The molecule has 13 heavy (non-hydrogen) atoms. The van der Waals surface area contributed by atoms with E-state index in [1.165, 1.54) is 12.8 Å². The van der Waals surface area contributed by atoms with Crippen LogP contribution in [-0.2, 0) is 9.53 Å². The van der Waals surface area contributed by atoms with Gasteiger partial charge >= 0.3 is 0 Å². The smallest absolute Gasteiger partial charge is 0.145 e. The summed E-state index contributed by atoms with van der Waals surface area (Å²) in [7, 11) is 0. The van der Waals surface area contributed by atoms with Crippen molar-refractivity contribution in [3.8, 4) is 0 Å². The standard InChI is InChI=1S/C11H20O2/c1-9(2)10-3-5-11(6-4-10)13-8-7-12/h7,9-11H,3-6,8H2,1-2H3/t10-,11+. The normalized spacial score (nSPS) is 29.2. The van der Waals surface area contributed by atoms with Crippen molar-refractivity contribution in [1.29, 1.82) is 0 Å². The molecule has 2 heteroatoms. The van der Waals surface area contributed by atoms with Crippen molar-refractivity contribution in [2.45, 2.75) is 45.6 Å². The van der Waals surface area contributed by atoms with Gasteiger partial charge in [0.2, 0.25) is 0 Å². The molecule has 1 rings (SSSR count). The van der Waals surface area contributed by atoms with E-state index in [4.69, 9.17) is 4.74 Å². The first-order valence-corrected chi connectivity index (χ1v) is 5.29. The molecule has 0 aromatic heterocycles. The highest BCUT2D eigenvalue weighted by molar-refractivity contribution is 5.50. The summed E-state index contributed by atoms with van der Waals surface area (Å²) in [5, 5.41) is 0. The van der Waals surface area contributed by atoms with Crippen LogP contribution in [0, 0.1) is 11.8 Å². The lowest BCUT2D eigenvalue weighted by molar-refractivity contribution is -0.114. The van der Waals surface area contributed by atoms with Crippen LogP contribution in [0.15, 0.2) is 0 Å². The number of rotatable bonds is 4. The van der Waals surface area contributed by atoms with E-state index in [0.29, 0.717) is 6.10 Å². The van der Waals surface area contributed by atoms with Gasteiger partial charge in [0.15, 0.2) is 0 Å². The third kappa shape index (κ3) is 3.47. The molecular weight excluding hydrogens is 164 g/mol. The average Bonchev–Trinajstić information content (AvgIpc) is 2.15. The zero-order valence-corrected chi connectivity index (χ0v) is 8.66. The summed E-state index contributed by atoms with van der Waals surface area (Å²) >= 11 is 0. The average molecular weight is 184 g/mol. The van der Waals surface area contributed by atoms with Gasteiger partial charge in [0, 0.05) is 0 Å². The molecule has 0 unspecified atom stereocenters. The van der Waals surface area contributed by atoms with E-state index in [1.54, 1.807) is 0 Å². The lowest BCUT2D eigenvalue weighted by Crippen LogP contribution is -2.24. The van der Waals surface area contributed by atoms with Crippen LogP contribution in [0.1, 0.15) is 39.5 Å². The zero-order chi connectivity index (χ0) is 9.68. The van der Waals surface area contributed by atoms with Crippen molar-refractivity contribution in [3.05, 3.63) is 0 Å². The fourth-order valence-corrected chi connectivity index (χ4v) is 2.10. The van der Waals surface area contributed by atoms with Gasteiger partial charge in [-0.25, -0.2) is 0 Å². The number of carbonyl (C=O) groups is 1. The second kappa shape index (κ2) is 5.38. The maximum Gasteiger partial charge on any atom is 0.145 e. The highest BCUT2D eigenvalue weighted by Crippen LogP contribution is 2.30. The Bertz CT molecular complexity index is 146. The molecule has 2 nitrogen and oxygen atoms in total. The lowest BCUT2D eigenvalue weighted by atomic mass is 9.80. The molecule has 0 N–H and O–H groups in total. The lowest BCUT2D eigenvalue weighted by Gasteiger charge is -2.30. The third-order valence-electron chi connectivity index (χ3n) is 3.06. The van der Waals surface area contributed by atoms with Gasteiger partial charge < -0.3 is 9.53 Å². The van der Waals surface area contributed by atoms with Gasteiger partial charge in [-0.1, -0.05) is 13.8 Å². The summed E-state index contributed by atoms with van der Waals surface area (Å²) in [5.41, 5.74) is 0. The SMILES string of the molecule is CC(C)[C@H]1CC[C@@H](OCC=O)CC1. The molecule has 1 aliphatic carbocycles. The molecule has 0 aromatic carbocycles. The highest BCUT2D eigenvalue weighted by atomic mass is 16.5. The number of hydrogen-bond acceptors (Lipinski definition) is 2. The van der Waals surface area contributed by atoms with Crippen LogP contribution in [0.5, 0.6) is 0 Å². The third-order valence-corrected chi connectivity index (χ3v) is 3.06. The quantitative estimate of drug-likeness (QED) is 0.627. The van der Waals surface area contributed by atoms with E-state index in [1.807, 2.05) is 0 Å². The van der Waals surface area contributed by atoms with Gasteiger partial charge in [0.25, 0.3) is 0 Å². The minimum Gasteiger partial charge on any atom is -0.371 e. The van der Waals surface area contributed by atoms with Crippen LogP contribution >= 0.6 is 0 Å². The molecule has 0 radical (unpaired) electrons. The Morgan fingerprint density at radius 2 is 1.92 bits per heavy atom. The summed E-state index contributed by atoms with van der Waals surface area (Å²) in [6.07, 6.45) is 5.99. The molecule has 1 fully saturated rings. The van der Waals surface area contributed by atoms with E-state index in [-0.39, 0.29) is 6.61 Å². The topological polar surface area (TPSA) is 26.3 Å². The molecule has 1 saturated carbocycles. The van der Waals surface area contributed by atoms with Gasteiger partial charge in [-0.15, -0.1) is 0 Å². The second-order valence-corrected chi connectivity index (χ2v) is 4.28. The maximum absolute atomic E-state index is 10.1. The largest absolute Gasteiger partial charge is 0.371 e. The summed E-state index contributed by atoms with van der Waals surface area (Å²) in [6, 6.07) is 0. The van der Waals surface area contributed by atoms with Gasteiger partial charge in [0.05, 0.1) is 6.10 Å². The first-order chi connectivity index (χ1) is 6.24. The molecule has 0 amide bonds. The number of hydrogen-bond donors (Lipinski definition) is 0. The van der Waals surface area contributed by atoms with Crippen molar-refractivity contribution in [3.63, 3.8) is 0 Å². The molecule has 0 spiro atoms. The van der Waals surface area contributed by atoms with E-state index < -0.39 is 0 Å². The van der Waals surface area contributed by atoms with Crippen molar-refractivity contribution >= 4 is 6.29 Å². The van der Waals surface area contributed by atoms with Gasteiger partial charge in [-0.2, -0.15) is 0 Å². The molecular formula is C11H20O2. The number of aldehydes is 1. The van der Waals surface area contributed by atoms with Crippen LogP contribution in [0.2, 0.25) is 0 Å². The Morgan fingerprint density at radius 3 is 2.38 bits per heavy atom. The van der Waals surface area contributed by atoms with E-state index in [2.05, 4.69) is 13.8 Å². The molecule has 0 aliphatic heterocycles. The molecule has 0 saturated heterocycles. The van der Waals surface area contributed by atoms with Crippen LogP contribution in [0.4, 0.5) is 0 Å². The Kier molecular flexibility index (Phi) is 4.43. The van der Waals surface area contributed by atoms with E-state index in [0.717, 1.165) is 31.0 Å². The number of carbonyl (C=O) groups excluding carboxylic acids is 1. The highest BCUT2D eigenvalue weighted by Gasteiger charge is 2.23. The van der Waals surface area contributed by atoms with Crippen molar-refractivity contribution in [1.82, 2.24) is 0 Å². The fraction of sp³-hybridized carbons (Fsp3) is 0.909. The van der Waals surface area contributed by atoms with Crippen LogP contribution < -0.4 is 0 Å².